The molecule has 1 fully saturated rings. The number of nitrogens with zero attached hydrogens (tertiary/aromatic N) is 4. The van der Waals surface area contributed by atoms with Crippen LogP contribution in [0.25, 0.3) is 0 Å². The van der Waals surface area contributed by atoms with Gasteiger partial charge in [-0.3, -0.25) is 24.5 Å². The van der Waals surface area contributed by atoms with Crippen LogP contribution in [0.5, 0.6) is 0 Å². The maximum absolute atomic E-state index is 12.6. The largest absolute Gasteiger partial charge is 0.353 e. The molecule has 2 aromatic rings. The third-order valence-corrected chi connectivity index (χ3v) is 5.11. The van der Waals surface area contributed by atoms with Gasteiger partial charge in [-0.15, -0.1) is 0 Å². The van der Waals surface area contributed by atoms with E-state index in [0.717, 1.165) is 0 Å². The first-order valence-corrected chi connectivity index (χ1v) is 9.99. The van der Waals surface area contributed by atoms with Crippen molar-refractivity contribution in [3.63, 3.8) is 0 Å². The molecule has 0 unspecified atom stereocenters. The summed E-state index contributed by atoms with van der Waals surface area (Å²) in [6.45, 7) is 4.96. The second-order valence-electron chi connectivity index (χ2n) is 7.36. The molecule has 1 aromatic carbocycles. The monoisotopic (exact) mass is 437 g/mol. The number of hydrogen-bond donors (Lipinski definition) is 1. The number of carbonyl (C=O) groups is 3. The minimum atomic E-state index is -0.501. The molecular formula is C22H23N5O5. The zero-order chi connectivity index (χ0) is 23.3. The van der Waals surface area contributed by atoms with Gasteiger partial charge in [-0.25, -0.2) is 4.98 Å². The molecule has 10 heteroatoms. The second-order valence-corrected chi connectivity index (χ2v) is 7.36. The minimum absolute atomic E-state index is 0.0611. The molecule has 32 heavy (non-hydrogen) atoms. The van der Waals surface area contributed by atoms with Gasteiger partial charge in [0.25, 0.3) is 11.6 Å². The number of piperazine rings is 1. The van der Waals surface area contributed by atoms with E-state index in [9.17, 15) is 24.5 Å². The lowest BCUT2D eigenvalue weighted by molar-refractivity contribution is -0.385. The maximum atomic E-state index is 12.6. The van der Waals surface area contributed by atoms with Crippen LogP contribution in [0.1, 0.15) is 24.2 Å². The maximum Gasteiger partial charge on any atom is 0.287 e. The lowest BCUT2D eigenvalue weighted by Crippen LogP contribution is -2.48. The molecule has 2 amide bonds. The fraction of sp³-hybridized carbons (Fsp3) is 0.273. The molecule has 0 spiro atoms. The number of nitro groups is 1. The molecule has 0 aliphatic carbocycles. The summed E-state index contributed by atoms with van der Waals surface area (Å²) in [6.07, 6.45) is 2.52. The third kappa shape index (κ3) is 5.54. The zero-order valence-corrected chi connectivity index (χ0v) is 17.8. The number of hydrogen-bond acceptors (Lipinski definition) is 7. The predicted molar refractivity (Wildman–Crippen MR) is 119 cm³/mol. The first-order valence-electron chi connectivity index (χ1n) is 9.99. The van der Waals surface area contributed by atoms with Crippen LogP contribution in [0.15, 0.2) is 54.2 Å². The number of pyridine rings is 1. The van der Waals surface area contributed by atoms with Crippen LogP contribution in [0.4, 0.5) is 17.2 Å². The van der Waals surface area contributed by atoms with E-state index in [4.69, 9.17) is 0 Å². The quantitative estimate of drug-likeness (QED) is 0.318. The van der Waals surface area contributed by atoms with Gasteiger partial charge in [0.2, 0.25) is 5.91 Å². The Bertz CT molecular complexity index is 1060. The Labute approximate surface area is 184 Å². The van der Waals surface area contributed by atoms with Crippen molar-refractivity contribution in [2.24, 2.45) is 0 Å². The van der Waals surface area contributed by atoms with Crippen molar-refractivity contribution in [2.45, 2.75) is 13.8 Å². The molecule has 166 valence electrons. The van der Waals surface area contributed by atoms with Gasteiger partial charge in [-0.2, -0.15) is 0 Å². The van der Waals surface area contributed by atoms with Crippen LogP contribution < -0.4 is 10.2 Å². The lowest BCUT2D eigenvalue weighted by atomic mass is 10.1. The first-order chi connectivity index (χ1) is 15.2. The van der Waals surface area contributed by atoms with E-state index in [2.05, 4.69) is 10.3 Å². The van der Waals surface area contributed by atoms with E-state index < -0.39 is 10.8 Å². The van der Waals surface area contributed by atoms with E-state index in [0.29, 0.717) is 43.2 Å². The summed E-state index contributed by atoms with van der Waals surface area (Å²) in [5.41, 5.74) is 1.28. The molecule has 0 radical (unpaired) electrons. The number of amides is 2. The highest BCUT2D eigenvalue weighted by Crippen LogP contribution is 2.18. The standard InChI is InChI=1S/C22H23N5O5/c1-15(22(30)24-18-5-3-17(4-6-18)16(2)28)13-21(29)26-11-9-25(10-12-26)20-8-7-19(14-23-20)27(31)32/h3-8,13-14H,9-12H2,1-2H3,(H,24,30)/b15-13-. The molecule has 1 saturated heterocycles. The summed E-state index contributed by atoms with van der Waals surface area (Å²) < 4.78 is 0. The average Bonchev–Trinajstić information content (AvgIpc) is 2.79. The van der Waals surface area contributed by atoms with Crippen molar-refractivity contribution in [3.05, 3.63) is 69.9 Å². The Morgan fingerprint density at radius 2 is 1.69 bits per heavy atom. The molecule has 10 nitrogen and oxygen atoms in total. The van der Waals surface area contributed by atoms with Gasteiger partial charge >= 0.3 is 0 Å². The Morgan fingerprint density at radius 1 is 1.03 bits per heavy atom. The van der Waals surface area contributed by atoms with Crippen LogP contribution in [-0.4, -0.2) is 58.6 Å². The molecule has 2 heterocycles. The Balaban J connectivity index is 1.54. The summed E-state index contributed by atoms with van der Waals surface area (Å²) in [4.78, 5) is 54.2. The van der Waals surface area contributed by atoms with E-state index >= 15 is 0 Å². The van der Waals surface area contributed by atoms with Gasteiger partial charge in [-0.05, 0) is 44.2 Å². The smallest absolute Gasteiger partial charge is 0.287 e. The number of aromatic nitrogens is 1. The zero-order valence-electron chi connectivity index (χ0n) is 17.8. The normalized spacial score (nSPS) is 14.1. The predicted octanol–water partition coefficient (Wildman–Crippen LogP) is 2.43. The highest BCUT2D eigenvalue weighted by Gasteiger charge is 2.22. The van der Waals surface area contributed by atoms with Gasteiger partial charge in [0.15, 0.2) is 5.78 Å². The van der Waals surface area contributed by atoms with Gasteiger partial charge < -0.3 is 15.1 Å². The summed E-state index contributed by atoms with van der Waals surface area (Å²) in [7, 11) is 0. The Morgan fingerprint density at radius 3 is 2.22 bits per heavy atom. The van der Waals surface area contributed by atoms with Crippen molar-refractivity contribution in [2.75, 3.05) is 36.4 Å². The molecule has 1 aliphatic rings. The van der Waals surface area contributed by atoms with Crippen molar-refractivity contribution in [1.82, 2.24) is 9.88 Å². The second kappa shape index (κ2) is 9.82. The Kier molecular flexibility index (Phi) is 6.93. The van der Waals surface area contributed by atoms with Crippen molar-refractivity contribution in [1.29, 1.82) is 0 Å². The van der Waals surface area contributed by atoms with Crippen LogP contribution >= 0.6 is 0 Å². The molecule has 1 aromatic heterocycles. The molecule has 3 rings (SSSR count). The fourth-order valence-corrected chi connectivity index (χ4v) is 3.19. The number of ketones is 1. The van der Waals surface area contributed by atoms with Crippen molar-refractivity contribution in [3.8, 4) is 0 Å². The van der Waals surface area contributed by atoms with E-state index in [-0.39, 0.29) is 23.0 Å². The molecule has 0 atom stereocenters. The molecule has 1 N–H and O–H groups in total. The summed E-state index contributed by atoms with van der Waals surface area (Å²) in [5, 5.41) is 13.4. The number of carbonyl (C=O) groups excluding carboxylic acids is 3. The number of Topliss-reactive ketones (excluding diaryl/α,β-unsaturated/α-hetero) is 1. The van der Waals surface area contributed by atoms with E-state index in [1.807, 2.05) is 4.90 Å². The van der Waals surface area contributed by atoms with Crippen LogP contribution in [0.3, 0.4) is 0 Å². The summed E-state index contributed by atoms with van der Waals surface area (Å²) in [5.74, 6) is -0.109. The van der Waals surface area contributed by atoms with Crippen LogP contribution in [0, 0.1) is 10.1 Å². The lowest BCUT2D eigenvalue weighted by Gasteiger charge is -2.35. The highest BCUT2D eigenvalue weighted by molar-refractivity contribution is 6.07. The number of rotatable bonds is 6. The Hall–Kier alpha value is -4.08. The van der Waals surface area contributed by atoms with Gasteiger partial charge in [0.05, 0.1) is 4.92 Å². The average molecular weight is 437 g/mol. The third-order valence-electron chi connectivity index (χ3n) is 5.11. The van der Waals surface area contributed by atoms with E-state index in [1.54, 1.807) is 42.2 Å². The molecular weight excluding hydrogens is 414 g/mol. The topological polar surface area (TPSA) is 126 Å². The van der Waals surface area contributed by atoms with Crippen LogP contribution in [-0.2, 0) is 9.59 Å². The van der Waals surface area contributed by atoms with Gasteiger partial charge in [0, 0.05) is 55.1 Å². The summed E-state index contributed by atoms with van der Waals surface area (Å²) in [6, 6.07) is 9.51. The molecule has 0 saturated carbocycles. The van der Waals surface area contributed by atoms with Crippen LogP contribution in [0.2, 0.25) is 0 Å². The van der Waals surface area contributed by atoms with Crippen molar-refractivity contribution < 1.29 is 19.3 Å². The molecule has 0 bridgehead atoms. The fourth-order valence-electron chi connectivity index (χ4n) is 3.19. The van der Waals surface area contributed by atoms with Gasteiger partial charge in [-0.1, -0.05) is 0 Å². The molecule has 1 aliphatic heterocycles. The van der Waals surface area contributed by atoms with Crippen molar-refractivity contribution >= 4 is 34.8 Å². The van der Waals surface area contributed by atoms with Gasteiger partial charge in [0.1, 0.15) is 12.0 Å². The minimum Gasteiger partial charge on any atom is -0.353 e. The highest BCUT2D eigenvalue weighted by atomic mass is 16.6. The number of anilines is 2. The number of benzene rings is 1. The SMILES string of the molecule is CC(=O)c1ccc(NC(=O)/C(C)=C\C(=O)N2CCN(c3ccc([N+](=O)[O-])cn3)CC2)cc1. The first kappa shape index (κ1) is 22.6. The van der Waals surface area contributed by atoms with E-state index in [1.165, 1.54) is 25.3 Å². The summed E-state index contributed by atoms with van der Waals surface area (Å²) >= 11 is 0. The number of nitrogens with one attached hydrogen (secondary N) is 1.